The normalized spacial score (nSPS) is 14.4. The van der Waals surface area contributed by atoms with Crippen LogP contribution in [0.15, 0.2) is 12.1 Å². The Morgan fingerprint density at radius 1 is 1.62 bits per heavy atom. The SMILES string of the molecule is O=C1CNc2ccc(CCl)nc2O1. The summed E-state index contributed by atoms with van der Waals surface area (Å²) in [5, 5.41) is 2.88. The quantitative estimate of drug-likeness (QED) is 0.543. The van der Waals surface area contributed by atoms with Crippen molar-refractivity contribution in [2.75, 3.05) is 11.9 Å². The minimum absolute atomic E-state index is 0.189. The summed E-state index contributed by atoms with van der Waals surface area (Å²) in [6, 6.07) is 3.59. The molecule has 13 heavy (non-hydrogen) atoms. The average molecular weight is 199 g/mol. The van der Waals surface area contributed by atoms with Gasteiger partial charge in [-0.2, -0.15) is 0 Å². The van der Waals surface area contributed by atoms with E-state index in [4.69, 9.17) is 16.3 Å². The highest BCUT2D eigenvalue weighted by Gasteiger charge is 2.17. The molecule has 0 atom stereocenters. The highest BCUT2D eigenvalue weighted by atomic mass is 35.5. The zero-order valence-electron chi connectivity index (χ0n) is 6.71. The molecule has 0 amide bonds. The maximum atomic E-state index is 10.9. The lowest BCUT2D eigenvalue weighted by Gasteiger charge is -2.16. The fourth-order valence-electron chi connectivity index (χ4n) is 1.08. The number of alkyl halides is 1. The third-order valence-corrected chi connectivity index (χ3v) is 1.96. The van der Waals surface area contributed by atoms with E-state index in [-0.39, 0.29) is 12.5 Å². The Morgan fingerprint density at radius 3 is 3.23 bits per heavy atom. The molecule has 0 unspecified atom stereocenters. The van der Waals surface area contributed by atoms with Gasteiger partial charge in [0, 0.05) is 0 Å². The van der Waals surface area contributed by atoms with Crippen molar-refractivity contribution in [3.8, 4) is 5.88 Å². The molecule has 1 N–H and O–H groups in total. The molecular formula is C8H7ClN2O2. The number of nitrogens with one attached hydrogen (secondary N) is 1. The fourth-order valence-corrected chi connectivity index (χ4v) is 1.23. The molecule has 1 aliphatic heterocycles. The Labute approximate surface area is 79.9 Å². The molecule has 1 aromatic rings. The van der Waals surface area contributed by atoms with Crippen molar-refractivity contribution in [3.05, 3.63) is 17.8 Å². The van der Waals surface area contributed by atoms with Crippen LogP contribution in [0.4, 0.5) is 5.69 Å². The Morgan fingerprint density at radius 2 is 2.46 bits per heavy atom. The van der Waals surface area contributed by atoms with E-state index >= 15 is 0 Å². The lowest BCUT2D eigenvalue weighted by Crippen LogP contribution is -2.25. The maximum absolute atomic E-state index is 10.9. The maximum Gasteiger partial charge on any atom is 0.332 e. The number of rotatable bonds is 1. The van der Waals surface area contributed by atoms with Crippen molar-refractivity contribution in [2.24, 2.45) is 0 Å². The van der Waals surface area contributed by atoms with Crippen LogP contribution >= 0.6 is 11.6 Å². The van der Waals surface area contributed by atoms with E-state index in [1.807, 2.05) is 0 Å². The first kappa shape index (κ1) is 8.31. The van der Waals surface area contributed by atoms with Crippen LogP contribution < -0.4 is 10.1 Å². The van der Waals surface area contributed by atoms with E-state index in [0.29, 0.717) is 17.5 Å². The number of esters is 1. The fraction of sp³-hybridized carbons (Fsp3) is 0.250. The zero-order valence-corrected chi connectivity index (χ0v) is 7.47. The number of hydrogen-bond acceptors (Lipinski definition) is 4. The van der Waals surface area contributed by atoms with Gasteiger partial charge in [0.05, 0.1) is 17.3 Å². The summed E-state index contributed by atoms with van der Waals surface area (Å²) in [7, 11) is 0. The number of aromatic nitrogens is 1. The number of carbonyl (C=O) groups excluding carboxylic acids is 1. The molecule has 0 aliphatic carbocycles. The van der Waals surface area contributed by atoms with Crippen LogP contribution in [0.25, 0.3) is 0 Å². The van der Waals surface area contributed by atoms with Crippen LogP contribution in [0, 0.1) is 0 Å². The first-order chi connectivity index (χ1) is 6.29. The molecule has 0 spiro atoms. The summed E-state index contributed by atoms with van der Waals surface area (Å²) in [5.74, 6) is 0.297. The van der Waals surface area contributed by atoms with E-state index in [2.05, 4.69) is 10.3 Å². The summed E-state index contributed by atoms with van der Waals surface area (Å²) in [4.78, 5) is 14.9. The van der Waals surface area contributed by atoms with Crippen LogP contribution in [0.5, 0.6) is 5.88 Å². The van der Waals surface area contributed by atoms with Crippen molar-refractivity contribution < 1.29 is 9.53 Å². The Balaban J connectivity index is 2.38. The molecule has 4 nitrogen and oxygen atoms in total. The van der Waals surface area contributed by atoms with Crippen LogP contribution in [0.2, 0.25) is 0 Å². The van der Waals surface area contributed by atoms with Crippen molar-refractivity contribution in [3.63, 3.8) is 0 Å². The minimum Gasteiger partial charge on any atom is -0.404 e. The first-order valence-corrected chi connectivity index (χ1v) is 4.33. The Kier molecular flexibility index (Phi) is 2.06. The van der Waals surface area contributed by atoms with Gasteiger partial charge in [-0.15, -0.1) is 11.6 Å². The zero-order chi connectivity index (χ0) is 9.26. The minimum atomic E-state index is -0.327. The third kappa shape index (κ3) is 1.58. The number of halogens is 1. The van der Waals surface area contributed by atoms with E-state index in [9.17, 15) is 4.79 Å². The van der Waals surface area contributed by atoms with Gasteiger partial charge in [-0.05, 0) is 12.1 Å². The number of anilines is 1. The van der Waals surface area contributed by atoms with E-state index < -0.39 is 0 Å². The van der Waals surface area contributed by atoms with Crippen molar-refractivity contribution in [1.29, 1.82) is 0 Å². The predicted octanol–water partition coefficient (Wildman–Crippen LogP) is 1.15. The number of hydrogen-bond donors (Lipinski definition) is 1. The molecule has 68 valence electrons. The highest BCUT2D eigenvalue weighted by molar-refractivity contribution is 6.16. The first-order valence-electron chi connectivity index (χ1n) is 3.80. The van der Waals surface area contributed by atoms with Gasteiger partial charge < -0.3 is 10.1 Å². The molecule has 0 radical (unpaired) electrons. The number of carbonyl (C=O) groups is 1. The molecule has 0 aromatic carbocycles. The number of ether oxygens (including phenoxy) is 1. The molecule has 5 heteroatoms. The van der Waals surface area contributed by atoms with Gasteiger partial charge in [-0.25, -0.2) is 9.78 Å². The summed E-state index contributed by atoms with van der Waals surface area (Å²) in [5.41, 5.74) is 1.42. The topological polar surface area (TPSA) is 51.2 Å². The third-order valence-electron chi connectivity index (χ3n) is 1.69. The summed E-state index contributed by atoms with van der Waals surface area (Å²) < 4.78 is 4.90. The van der Waals surface area contributed by atoms with Crippen LogP contribution in [-0.4, -0.2) is 17.5 Å². The largest absolute Gasteiger partial charge is 0.404 e. The van der Waals surface area contributed by atoms with Gasteiger partial charge in [0.15, 0.2) is 0 Å². The number of fused-ring (bicyclic) bond motifs is 1. The van der Waals surface area contributed by atoms with E-state index in [1.165, 1.54) is 0 Å². The Hall–Kier alpha value is -1.29. The lowest BCUT2D eigenvalue weighted by molar-refractivity contribution is -0.133. The van der Waals surface area contributed by atoms with Crippen molar-refractivity contribution in [2.45, 2.75) is 5.88 Å². The second-order valence-corrected chi connectivity index (χ2v) is 2.88. The molecule has 1 aromatic heterocycles. The Bertz CT molecular complexity index is 354. The number of pyridine rings is 1. The highest BCUT2D eigenvalue weighted by Crippen LogP contribution is 2.25. The van der Waals surface area contributed by atoms with Crippen LogP contribution in [-0.2, 0) is 10.7 Å². The summed E-state index contributed by atoms with van der Waals surface area (Å²) in [6.07, 6.45) is 0. The average Bonchev–Trinajstić information content (AvgIpc) is 2.16. The standard InChI is InChI=1S/C8H7ClN2O2/c9-3-5-1-2-6-8(11-5)13-7(12)4-10-6/h1-2,10H,3-4H2. The predicted molar refractivity (Wildman–Crippen MR) is 47.9 cm³/mol. The van der Waals surface area contributed by atoms with Crippen LogP contribution in [0.1, 0.15) is 5.69 Å². The van der Waals surface area contributed by atoms with Gasteiger partial charge in [0.2, 0.25) is 5.88 Å². The molecule has 0 bridgehead atoms. The smallest absolute Gasteiger partial charge is 0.332 e. The molecular weight excluding hydrogens is 192 g/mol. The second-order valence-electron chi connectivity index (χ2n) is 2.62. The van der Waals surface area contributed by atoms with Crippen LogP contribution in [0.3, 0.4) is 0 Å². The van der Waals surface area contributed by atoms with E-state index in [0.717, 1.165) is 5.69 Å². The summed E-state index contributed by atoms with van der Waals surface area (Å²) in [6.45, 7) is 0.189. The number of nitrogens with zero attached hydrogens (tertiary/aromatic N) is 1. The van der Waals surface area contributed by atoms with Crippen molar-refractivity contribution >= 4 is 23.3 Å². The summed E-state index contributed by atoms with van der Waals surface area (Å²) >= 11 is 5.58. The molecule has 2 rings (SSSR count). The van der Waals surface area contributed by atoms with Gasteiger partial charge in [-0.1, -0.05) is 0 Å². The molecule has 0 fully saturated rings. The molecule has 0 saturated heterocycles. The van der Waals surface area contributed by atoms with Gasteiger partial charge in [-0.3, -0.25) is 0 Å². The molecule has 2 heterocycles. The van der Waals surface area contributed by atoms with Gasteiger partial charge in [0.1, 0.15) is 6.54 Å². The molecule has 1 aliphatic rings. The van der Waals surface area contributed by atoms with E-state index in [1.54, 1.807) is 12.1 Å². The van der Waals surface area contributed by atoms with Gasteiger partial charge >= 0.3 is 5.97 Å². The monoisotopic (exact) mass is 198 g/mol. The van der Waals surface area contributed by atoms with Crippen molar-refractivity contribution in [1.82, 2.24) is 4.98 Å². The molecule has 0 saturated carbocycles. The lowest BCUT2D eigenvalue weighted by atomic mass is 10.3. The van der Waals surface area contributed by atoms with Gasteiger partial charge in [0.25, 0.3) is 0 Å². The second kappa shape index (κ2) is 3.22.